The molecule has 0 atom stereocenters. The van der Waals surface area contributed by atoms with E-state index in [1.54, 1.807) is 0 Å². The van der Waals surface area contributed by atoms with Crippen LogP contribution in [0.25, 0.3) is 0 Å². The van der Waals surface area contributed by atoms with Crippen LogP contribution in [0.4, 0.5) is 12.0 Å². The van der Waals surface area contributed by atoms with E-state index < -0.39 is 0 Å². The molecule has 0 spiro atoms. The number of anilines is 2. The third-order valence-electron chi connectivity index (χ3n) is 1.76. The van der Waals surface area contributed by atoms with E-state index in [-0.39, 0.29) is 11.6 Å². The lowest BCUT2D eigenvalue weighted by molar-refractivity contribution is 0.479. The molecule has 1 aromatic heterocycles. The number of hydrogen-bond donors (Lipinski definition) is 2. The lowest BCUT2D eigenvalue weighted by Crippen LogP contribution is -2.30. The molecule has 0 aromatic carbocycles. The van der Waals surface area contributed by atoms with Crippen LogP contribution in [-0.2, 0) is 0 Å². The van der Waals surface area contributed by atoms with Gasteiger partial charge in [0.25, 0.3) is 0 Å². The summed E-state index contributed by atoms with van der Waals surface area (Å²) < 4.78 is 5.01. The van der Waals surface area contributed by atoms with E-state index in [0.717, 1.165) is 12.8 Å². The third kappa shape index (κ3) is 2.93. The maximum atomic E-state index is 5.29. The molecule has 0 unspecified atom stereocenters. The van der Waals surface area contributed by atoms with Crippen LogP contribution in [0.5, 0.6) is 0 Å². The SMILES string of the molecule is CCCC(C)(C)Nc1nnc(N)o1. The smallest absolute Gasteiger partial charge is 0.317 e. The van der Waals surface area contributed by atoms with Crippen molar-refractivity contribution in [2.75, 3.05) is 11.1 Å². The zero-order valence-corrected chi connectivity index (χ0v) is 8.29. The van der Waals surface area contributed by atoms with Crippen molar-refractivity contribution in [2.24, 2.45) is 0 Å². The number of nitrogens with zero attached hydrogens (tertiary/aromatic N) is 2. The number of hydrogen-bond acceptors (Lipinski definition) is 5. The number of aromatic nitrogens is 2. The summed E-state index contributed by atoms with van der Waals surface area (Å²) in [6.45, 7) is 6.29. The average Bonchev–Trinajstić information content (AvgIpc) is 2.34. The highest BCUT2D eigenvalue weighted by Gasteiger charge is 2.18. The van der Waals surface area contributed by atoms with Crippen molar-refractivity contribution in [3.05, 3.63) is 0 Å². The Labute approximate surface area is 77.7 Å². The molecule has 1 aromatic rings. The van der Waals surface area contributed by atoms with Crippen LogP contribution in [0.3, 0.4) is 0 Å². The molecule has 1 heterocycles. The molecule has 13 heavy (non-hydrogen) atoms. The summed E-state index contributed by atoms with van der Waals surface area (Å²) in [4.78, 5) is 0. The van der Waals surface area contributed by atoms with Crippen molar-refractivity contribution in [2.45, 2.75) is 39.2 Å². The Morgan fingerprint density at radius 1 is 1.46 bits per heavy atom. The molecule has 0 saturated carbocycles. The maximum absolute atomic E-state index is 5.29. The molecular weight excluding hydrogens is 168 g/mol. The van der Waals surface area contributed by atoms with Gasteiger partial charge in [0.05, 0.1) is 0 Å². The van der Waals surface area contributed by atoms with Crippen molar-refractivity contribution < 1.29 is 4.42 Å². The number of nitrogen functional groups attached to an aromatic ring is 1. The van der Waals surface area contributed by atoms with Crippen LogP contribution in [0.1, 0.15) is 33.6 Å². The number of nitrogens with two attached hydrogens (primary N) is 1. The van der Waals surface area contributed by atoms with Crippen LogP contribution in [0.15, 0.2) is 4.42 Å². The molecule has 5 heteroatoms. The standard InChI is InChI=1S/C8H16N4O/c1-4-5-8(2,3)10-7-12-11-6(9)13-7/h4-5H2,1-3H3,(H2,9,11)(H,10,12). The van der Waals surface area contributed by atoms with Gasteiger partial charge in [-0.1, -0.05) is 23.5 Å². The Morgan fingerprint density at radius 3 is 2.62 bits per heavy atom. The molecule has 0 bridgehead atoms. The van der Waals surface area contributed by atoms with Gasteiger partial charge in [-0.25, -0.2) is 0 Å². The highest BCUT2D eigenvalue weighted by atomic mass is 16.4. The topological polar surface area (TPSA) is 77.0 Å². The van der Waals surface area contributed by atoms with E-state index in [0.29, 0.717) is 6.01 Å². The van der Waals surface area contributed by atoms with E-state index in [4.69, 9.17) is 10.2 Å². The Kier molecular flexibility index (Phi) is 2.75. The second-order valence-electron chi connectivity index (χ2n) is 3.70. The zero-order valence-electron chi connectivity index (χ0n) is 8.29. The van der Waals surface area contributed by atoms with E-state index >= 15 is 0 Å². The molecule has 0 radical (unpaired) electrons. The van der Waals surface area contributed by atoms with Crippen molar-refractivity contribution in [1.82, 2.24) is 10.2 Å². The minimum Gasteiger partial charge on any atom is -0.390 e. The maximum Gasteiger partial charge on any atom is 0.317 e. The summed E-state index contributed by atoms with van der Waals surface area (Å²) in [7, 11) is 0. The summed E-state index contributed by atoms with van der Waals surface area (Å²) in [5, 5.41) is 10.4. The summed E-state index contributed by atoms with van der Waals surface area (Å²) >= 11 is 0. The Morgan fingerprint density at radius 2 is 2.15 bits per heavy atom. The first-order valence-electron chi connectivity index (χ1n) is 4.40. The Bertz CT molecular complexity index is 269. The third-order valence-corrected chi connectivity index (χ3v) is 1.76. The highest BCUT2D eigenvalue weighted by molar-refractivity contribution is 5.26. The zero-order chi connectivity index (χ0) is 9.90. The van der Waals surface area contributed by atoms with Crippen LogP contribution in [0.2, 0.25) is 0 Å². The van der Waals surface area contributed by atoms with Gasteiger partial charge in [-0.3, -0.25) is 0 Å². The van der Waals surface area contributed by atoms with Gasteiger partial charge >= 0.3 is 12.0 Å². The number of rotatable bonds is 4. The highest BCUT2D eigenvalue weighted by Crippen LogP contribution is 2.18. The molecule has 0 saturated heterocycles. The summed E-state index contributed by atoms with van der Waals surface area (Å²) in [5.74, 6) is 0. The van der Waals surface area contributed by atoms with Gasteiger partial charge in [-0.05, 0) is 20.3 Å². The van der Waals surface area contributed by atoms with Gasteiger partial charge in [0.15, 0.2) is 0 Å². The average molecular weight is 184 g/mol. The first-order chi connectivity index (χ1) is 6.03. The fourth-order valence-corrected chi connectivity index (χ4v) is 1.26. The summed E-state index contributed by atoms with van der Waals surface area (Å²) in [6, 6.07) is 0.478. The van der Waals surface area contributed by atoms with Gasteiger partial charge < -0.3 is 15.5 Å². The van der Waals surface area contributed by atoms with Crippen molar-refractivity contribution in [3.63, 3.8) is 0 Å². The van der Waals surface area contributed by atoms with Crippen LogP contribution in [-0.4, -0.2) is 15.7 Å². The first kappa shape index (κ1) is 9.83. The predicted molar refractivity (Wildman–Crippen MR) is 51.3 cm³/mol. The van der Waals surface area contributed by atoms with Gasteiger partial charge in [0.2, 0.25) is 0 Å². The van der Waals surface area contributed by atoms with Gasteiger partial charge in [0, 0.05) is 5.54 Å². The lowest BCUT2D eigenvalue weighted by Gasteiger charge is -2.23. The molecule has 5 nitrogen and oxygen atoms in total. The molecule has 3 N–H and O–H groups in total. The van der Waals surface area contributed by atoms with Gasteiger partial charge in [0.1, 0.15) is 0 Å². The molecule has 0 aliphatic heterocycles. The molecule has 74 valence electrons. The Balaban J connectivity index is 2.57. The van der Waals surface area contributed by atoms with Crippen molar-refractivity contribution in [1.29, 1.82) is 0 Å². The molecule has 1 rings (SSSR count). The second kappa shape index (κ2) is 3.64. The largest absolute Gasteiger partial charge is 0.390 e. The molecule has 0 amide bonds. The summed E-state index contributed by atoms with van der Waals surface area (Å²) in [6.07, 6.45) is 2.14. The normalized spacial score (nSPS) is 11.6. The van der Waals surface area contributed by atoms with Crippen LogP contribution in [0, 0.1) is 0 Å². The van der Waals surface area contributed by atoms with E-state index in [1.165, 1.54) is 0 Å². The fraction of sp³-hybridized carbons (Fsp3) is 0.750. The predicted octanol–water partition coefficient (Wildman–Crippen LogP) is 1.64. The van der Waals surface area contributed by atoms with Crippen LogP contribution < -0.4 is 11.1 Å². The second-order valence-corrected chi connectivity index (χ2v) is 3.70. The monoisotopic (exact) mass is 184 g/mol. The molecular formula is C8H16N4O. The fourth-order valence-electron chi connectivity index (χ4n) is 1.26. The lowest BCUT2D eigenvalue weighted by atomic mass is 9.99. The van der Waals surface area contributed by atoms with Gasteiger partial charge in [-0.2, -0.15) is 0 Å². The van der Waals surface area contributed by atoms with Crippen molar-refractivity contribution in [3.8, 4) is 0 Å². The minimum absolute atomic E-state index is 0.0340. The first-order valence-corrected chi connectivity index (χ1v) is 4.40. The molecule has 0 aliphatic carbocycles. The van der Waals surface area contributed by atoms with E-state index in [1.807, 2.05) is 0 Å². The quantitative estimate of drug-likeness (QED) is 0.743. The van der Waals surface area contributed by atoms with E-state index in [9.17, 15) is 0 Å². The van der Waals surface area contributed by atoms with Crippen LogP contribution >= 0.6 is 0 Å². The van der Waals surface area contributed by atoms with Gasteiger partial charge in [-0.15, -0.1) is 0 Å². The van der Waals surface area contributed by atoms with Crippen molar-refractivity contribution >= 4 is 12.0 Å². The number of nitrogens with one attached hydrogen (secondary N) is 1. The minimum atomic E-state index is -0.0340. The molecule has 0 aliphatic rings. The Hall–Kier alpha value is -1.26. The summed E-state index contributed by atoms with van der Waals surface area (Å²) in [5.41, 5.74) is 5.26. The van der Waals surface area contributed by atoms with E-state index in [2.05, 4.69) is 36.3 Å². The molecule has 0 fully saturated rings.